The lowest BCUT2D eigenvalue weighted by Crippen LogP contribution is -2.43. The number of carbonyl (C=O) groups is 2. The van der Waals surface area contributed by atoms with Gasteiger partial charge in [-0.2, -0.15) is 0 Å². The van der Waals surface area contributed by atoms with Gasteiger partial charge in [-0.25, -0.2) is 8.42 Å². The predicted molar refractivity (Wildman–Crippen MR) is 88.1 cm³/mol. The summed E-state index contributed by atoms with van der Waals surface area (Å²) in [6.45, 7) is 2.41. The van der Waals surface area contributed by atoms with Crippen LogP contribution in [-0.4, -0.2) is 56.7 Å². The van der Waals surface area contributed by atoms with Crippen LogP contribution in [0.3, 0.4) is 0 Å². The quantitative estimate of drug-likeness (QED) is 0.747. The van der Waals surface area contributed by atoms with Crippen molar-refractivity contribution in [2.24, 2.45) is 5.92 Å². The van der Waals surface area contributed by atoms with E-state index in [9.17, 15) is 18.0 Å². The summed E-state index contributed by atoms with van der Waals surface area (Å²) in [5, 5.41) is -0.00219. The molecular weight excluding hydrogens is 356 g/mol. The Morgan fingerprint density at radius 2 is 2.08 bits per heavy atom. The SMILES string of the molecule is CON(C)S(=O)(=O)c1cc(C(=O)N2CCC(=O)C(C)C2)ccc1Cl. The number of carbonyl (C=O) groups excluding carboxylic acids is 2. The van der Waals surface area contributed by atoms with Crippen LogP contribution < -0.4 is 0 Å². The van der Waals surface area contributed by atoms with Gasteiger partial charge in [0.2, 0.25) is 0 Å². The zero-order valence-electron chi connectivity index (χ0n) is 13.7. The highest BCUT2D eigenvalue weighted by atomic mass is 35.5. The van der Waals surface area contributed by atoms with Crippen molar-refractivity contribution in [1.82, 2.24) is 9.37 Å². The van der Waals surface area contributed by atoms with Crippen molar-refractivity contribution in [2.45, 2.75) is 18.2 Å². The largest absolute Gasteiger partial charge is 0.337 e. The van der Waals surface area contributed by atoms with E-state index in [0.717, 1.165) is 0 Å². The molecule has 1 saturated heterocycles. The van der Waals surface area contributed by atoms with Gasteiger partial charge >= 0.3 is 0 Å². The maximum atomic E-state index is 12.6. The maximum Gasteiger partial charge on any atom is 0.266 e. The summed E-state index contributed by atoms with van der Waals surface area (Å²) in [4.78, 5) is 30.3. The van der Waals surface area contributed by atoms with Crippen LogP contribution in [0.5, 0.6) is 0 Å². The minimum absolute atomic E-state index is 0.00219. The van der Waals surface area contributed by atoms with Crippen LogP contribution in [0, 0.1) is 5.92 Å². The van der Waals surface area contributed by atoms with Gasteiger partial charge < -0.3 is 4.90 Å². The lowest BCUT2D eigenvalue weighted by molar-refractivity contribution is -0.124. The van der Waals surface area contributed by atoms with Gasteiger partial charge in [-0.1, -0.05) is 23.0 Å². The summed E-state index contributed by atoms with van der Waals surface area (Å²) in [5.74, 6) is -0.430. The minimum Gasteiger partial charge on any atom is -0.337 e. The molecule has 2 rings (SSSR count). The molecular formula is C15H19ClN2O5S. The third kappa shape index (κ3) is 3.61. The van der Waals surface area contributed by atoms with Crippen LogP contribution in [-0.2, 0) is 19.7 Å². The molecule has 0 bridgehead atoms. The standard InChI is InChI=1S/C15H19ClN2O5S/c1-10-9-18(7-6-13(10)19)15(20)11-4-5-12(16)14(8-11)24(21,22)17(2)23-3/h4-5,8,10H,6-7,9H2,1-3H3. The number of hydrogen-bond acceptors (Lipinski definition) is 5. The van der Waals surface area contributed by atoms with E-state index in [-0.39, 0.29) is 33.1 Å². The van der Waals surface area contributed by atoms with E-state index < -0.39 is 10.0 Å². The Morgan fingerprint density at radius 1 is 1.42 bits per heavy atom. The molecule has 1 aromatic rings. The van der Waals surface area contributed by atoms with Gasteiger partial charge in [0, 0.05) is 38.0 Å². The second-order valence-electron chi connectivity index (χ2n) is 5.61. The van der Waals surface area contributed by atoms with E-state index >= 15 is 0 Å². The Morgan fingerprint density at radius 3 is 2.67 bits per heavy atom. The van der Waals surface area contributed by atoms with Gasteiger partial charge in [-0.3, -0.25) is 14.4 Å². The van der Waals surface area contributed by atoms with Gasteiger partial charge in [0.1, 0.15) is 10.7 Å². The maximum absolute atomic E-state index is 12.6. The Labute approximate surface area is 146 Å². The van der Waals surface area contributed by atoms with Crippen LogP contribution in [0.2, 0.25) is 5.02 Å². The normalized spacial score (nSPS) is 19.0. The third-order valence-electron chi connectivity index (χ3n) is 4.01. The molecule has 1 unspecified atom stereocenters. The van der Waals surface area contributed by atoms with Crippen molar-refractivity contribution in [3.8, 4) is 0 Å². The van der Waals surface area contributed by atoms with Crippen LogP contribution in [0.1, 0.15) is 23.7 Å². The smallest absolute Gasteiger partial charge is 0.266 e. The van der Waals surface area contributed by atoms with Gasteiger partial charge in [-0.15, -0.1) is 0 Å². The number of halogens is 1. The van der Waals surface area contributed by atoms with Crippen LogP contribution in [0.25, 0.3) is 0 Å². The predicted octanol–water partition coefficient (Wildman–Crippen LogP) is 1.57. The summed E-state index contributed by atoms with van der Waals surface area (Å²) in [7, 11) is -1.52. The lowest BCUT2D eigenvalue weighted by Gasteiger charge is -2.30. The zero-order chi connectivity index (χ0) is 18.1. The van der Waals surface area contributed by atoms with Crippen molar-refractivity contribution in [1.29, 1.82) is 0 Å². The third-order valence-corrected chi connectivity index (χ3v) is 6.17. The van der Waals surface area contributed by atoms with E-state index in [1.54, 1.807) is 11.8 Å². The number of hydroxylamine groups is 1. The summed E-state index contributed by atoms with van der Waals surface area (Å²) in [6.07, 6.45) is 0.304. The second-order valence-corrected chi connectivity index (χ2v) is 7.92. The monoisotopic (exact) mass is 374 g/mol. The van der Waals surface area contributed by atoms with Gasteiger partial charge in [0.05, 0.1) is 12.1 Å². The number of amides is 1. The number of nitrogens with zero attached hydrogens (tertiary/aromatic N) is 2. The molecule has 0 aromatic heterocycles. The van der Waals surface area contributed by atoms with Gasteiger partial charge in [0.25, 0.3) is 15.9 Å². The van der Waals surface area contributed by atoms with Crippen molar-refractivity contribution in [3.63, 3.8) is 0 Å². The molecule has 0 saturated carbocycles. The number of piperidine rings is 1. The summed E-state index contributed by atoms with van der Waals surface area (Å²) in [5.41, 5.74) is 0.198. The van der Waals surface area contributed by atoms with Crippen molar-refractivity contribution < 1.29 is 22.8 Å². The Kier molecular flexibility index (Phi) is 5.64. The lowest BCUT2D eigenvalue weighted by atomic mass is 9.98. The highest BCUT2D eigenvalue weighted by Crippen LogP contribution is 2.26. The molecule has 1 fully saturated rings. The average Bonchev–Trinajstić information content (AvgIpc) is 2.56. The molecule has 1 atom stereocenters. The first-order valence-corrected chi connectivity index (χ1v) is 9.15. The van der Waals surface area contributed by atoms with E-state index in [4.69, 9.17) is 16.4 Å². The number of sulfonamides is 1. The molecule has 9 heteroatoms. The first-order chi connectivity index (χ1) is 11.2. The topological polar surface area (TPSA) is 84.0 Å². The molecule has 1 aromatic carbocycles. The molecule has 1 amide bonds. The van der Waals surface area contributed by atoms with Crippen LogP contribution in [0.4, 0.5) is 0 Å². The Bertz CT molecular complexity index is 765. The summed E-state index contributed by atoms with van der Waals surface area (Å²) < 4.78 is 25.4. The van der Waals surface area contributed by atoms with E-state index in [1.165, 1.54) is 32.4 Å². The van der Waals surface area contributed by atoms with E-state index in [2.05, 4.69) is 0 Å². The number of rotatable bonds is 4. The van der Waals surface area contributed by atoms with Gasteiger partial charge in [-0.05, 0) is 18.2 Å². The highest BCUT2D eigenvalue weighted by molar-refractivity contribution is 7.89. The first kappa shape index (κ1) is 18.9. The molecule has 1 heterocycles. The molecule has 0 aliphatic carbocycles. The molecule has 0 spiro atoms. The second kappa shape index (κ2) is 7.18. The van der Waals surface area contributed by atoms with E-state index in [1.807, 2.05) is 0 Å². The van der Waals surface area contributed by atoms with Crippen LogP contribution >= 0.6 is 11.6 Å². The van der Waals surface area contributed by atoms with E-state index in [0.29, 0.717) is 24.0 Å². The number of ketones is 1. The number of hydrogen-bond donors (Lipinski definition) is 0. The fourth-order valence-corrected chi connectivity index (χ4v) is 3.93. The van der Waals surface area contributed by atoms with Crippen LogP contribution in [0.15, 0.2) is 23.1 Å². The molecule has 0 radical (unpaired) electrons. The number of benzene rings is 1. The molecule has 1 aliphatic rings. The van der Waals surface area contributed by atoms with Crippen molar-refractivity contribution in [2.75, 3.05) is 27.2 Å². The Hall–Kier alpha value is -1.48. The highest BCUT2D eigenvalue weighted by Gasteiger charge is 2.29. The fourth-order valence-electron chi connectivity index (χ4n) is 2.45. The van der Waals surface area contributed by atoms with Crippen molar-refractivity contribution in [3.05, 3.63) is 28.8 Å². The molecule has 132 valence electrons. The zero-order valence-corrected chi connectivity index (χ0v) is 15.2. The molecule has 24 heavy (non-hydrogen) atoms. The molecule has 7 nitrogen and oxygen atoms in total. The minimum atomic E-state index is -3.97. The van der Waals surface area contributed by atoms with Crippen molar-refractivity contribution >= 4 is 33.3 Å². The fraction of sp³-hybridized carbons (Fsp3) is 0.467. The number of likely N-dealkylation sites (tertiary alicyclic amines) is 1. The van der Waals surface area contributed by atoms with Gasteiger partial charge in [0.15, 0.2) is 0 Å². The molecule has 0 N–H and O–H groups in total. The number of Topliss-reactive ketones (excluding diaryl/α,β-unsaturated/α-hetero) is 1. The summed E-state index contributed by atoms with van der Waals surface area (Å²) >= 11 is 5.98. The molecule has 1 aliphatic heterocycles. The first-order valence-electron chi connectivity index (χ1n) is 7.33. The average molecular weight is 375 g/mol. The Balaban J connectivity index is 2.34. The summed E-state index contributed by atoms with van der Waals surface area (Å²) in [6, 6.07) is 4.07.